The molecule has 1 unspecified atom stereocenters. The number of nitrogens with zero attached hydrogens (tertiary/aromatic N) is 1. The molecule has 0 bridgehead atoms. The normalized spacial score (nSPS) is 18.7. The van der Waals surface area contributed by atoms with E-state index in [0.717, 1.165) is 19.7 Å². The fourth-order valence-corrected chi connectivity index (χ4v) is 5.86. The molecule has 3 aromatic rings. The third-order valence-electron chi connectivity index (χ3n) is 7.25. The molecule has 0 heterocycles. The van der Waals surface area contributed by atoms with Crippen molar-refractivity contribution in [2.75, 3.05) is 6.61 Å². The molecule has 1 aliphatic carbocycles. The minimum absolute atomic E-state index is 0.276. The van der Waals surface area contributed by atoms with E-state index in [0.29, 0.717) is 18.4 Å². The Hall–Kier alpha value is -2.64. The van der Waals surface area contributed by atoms with Crippen LogP contribution >= 0.6 is 0 Å². The number of hydrogen-bond acceptors (Lipinski definition) is 2. The van der Waals surface area contributed by atoms with E-state index in [1.54, 1.807) is 0 Å². The first kappa shape index (κ1) is 27.4. The van der Waals surface area contributed by atoms with Crippen molar-refractivity contribution in [1.82, 2.24) is 4.90 Å². The molecule has 0 radical (unpaired) electrons. The minimum Gasteiger partial charge on any atom is -0.376 e. The molecule has 37 heavy (non-hydrogen) atoms. The molecule has 1 saturated carbocycles. The SMILES string of the molecule is C[Si](C)(C)C#CC(C1CCC(COCc2ccccc2)CC1)N(Cc1ccccc1)Cc1ccccc1. The molecular weight excluding hydrogens is 466 g/mol. The van der Waals surface area contributed by atoms with E-state index in [1.165, 1.54) is 42.4 Å². The molecule has 0 aromatic heterocycles. The van der Waals surface area contributed by atoms with E-state index in [-0.39, 0.29) is 6.04 Å². The van der Waals surface area contributed by atoms with Crippen molar-refractivity contribution in [2.24, 2.45) is 11.8 Å². The summed E-state index contributed by atoms with van der Waals surface area (Å²) in [6.07, 6.45) is 4.92. The van der Waals surface area contributed by atoms with Crippen LogP contribution in [0.4, 0.5) is 0 Å². The fraction of sp³-hybridized carbons (Fsp3) is 0.412. The molecule has 3 aromatic carbocycles. The van der Waals surface area contributed by atoms with Crippen molar-refractivity contribution in [2.45, 2.75) is 71.1 Å². The van der Waals surface area contributed by atoms with Crippen molar-refractivity contribution in [3.8, 4) is 11.5 Å². The number of ether oxygens (including phenoxy) is 1. The van der Waals surface area contributed by atoms with Gasteiger partial charge in [0.25, 0.3) is 0 Å². The Morgan fingerprint density at radius 2 is 1.22 bits per heavy atom. The first-order valence-electron chi connectivity index (χ1n) is 13.9. The lowest BCUT2D eigenvalue weighted by Crippen LogP contribution is -2.41. The Morgan fingerprint density at radius 1 is 0.730 bits per heavy atom. The van der Waals surface area contributed by atoms with E-state index in [4.69, 9.17) is 4.74 Å². The van der Waals surface area contributed by atoms with Crippen molar-refractivity contribution >= 4 is 8.07 Å². The van der Waals surface area contributed by atoms with Crippen molar-refractivity contribution in [3.05, 3.63) is 108 Å². The molecule has 0 N–H and O–H groups in total. The predicted molar refractivity (Wildman–Crippen MR) is 159 cm³/mol. The zero-order valence-electron chi connectivity index (χ0n) is 22.9. The lowest BCUT2D eigenvalue weighted by molar-refractivity contribution is 0.0556. The number of benzene rings is 3. The van der Waals surface area contributed by atoms with E-state index >= 15 is 0 Å². The predicted octanol–water partition coefficient (Wildman–Crippen LogP) is 7.96. The highest BCUT2D eigenvalue weighted by molar-refractivity contribution is 6.83. The topological polar surface area (TPSA) is 12.5 Å². The minimum atomic E-state index is -1.48. The number of hydrogen-bond donors (Lipinski definition) is 0. The fourth-order valence-electron chi connectivity index (χ4n) is 5.27. The summed E-state index contributed by atoms with van der Waals surface area (Å²) in [6, 6.07) is 32.6. The molecule has 2 nitrogen and oxygen atoms in total. The van der Waals surface area contributed by atoms with Crippen LogP contribution in [0.5, 0.6) is 0 Å². The second-order valence-corrected chi connectivity index (χ2v) is 16.4. The lowest BCUT2D eigenvalue weighted by Gasteiger charge is -2.38. The van der Waals surface area contributed by atoms with Crippen LogP contribution < -0.4 is 0 Å². The average Bonchev–Trinajstić information content (AvgIpc) is 2.91. The van der Waals surface area contributed by atoms with E-state index in [2.05, 4.69) is 127 Å². The van der Waals surface area contributed by atoms with Crippen LogP contribution in [0.2, 0.25) is 19.6 Å². The molecule has 0 aliphatic heterocycles. The van der Waals surface area contributed by atoms with Crippen LogP contribution in [0, 0.1) is 23.3 Å². The third-order valence-corrected chi connectivity index (χ3v) is 8.14. The van der Waals surface area contributed by atoms with Gasteiger partial charge in [0.2, 0.25) is 0 Å². The van der Waals surface area contributed by atoms with Crippen LogP contribution in [0.1, 0.15) is 42.4 Å². The molecule has 0 spiro atoms. The summed E-state index contributed by atoms with van der Waals surface area (Å²) < 4.78 is 6.12. The smallest absolute Gasteiger partial charge is 0.129 e. The Labute approximate surface area is 226 Å². The quantitative estimate of drug-likeness (QED) is 0.203. The molecule has 1 fully saturated rings. The molecule has 1 aliphatic rings. The van der Waals surface area contributed by atoms with Gasteiger partial charge in [-0.2, -0.15) is 0 Å². The zero-order valence-corrected chi connectivity index (χ0v) is 23.9. The Kier molecular flexibility index (Phi) is 10.2. The van der Waals surface area contributed by atoms with Crippen LogP contribution in [0.25, 0.3) is 0 Å². The summed E-state index contributed by atoms with van der Waals surface area (Å²) in [4.78, 5) is 2.65. The maximum atomic E-state index is 6.12. The second kappa shape index (κ2) is 13.8. The third kappa shape index (κ3) is 9.31. The van der Waals surface area contributed by atoms with Crippen LogP contribution in [-0.4, -0.2) is 25.6 Å². The number of rotatable bonds is 10. The van der Waals surface area contributed by atoms with Gasteiger partial charge in [0.15, 0.2) is 0 Å². The van der Waals surface area contributed by atoms with Crippen molar-refractivity contribution in [3.63, 3.8) is 0 Å². The first-order chi connectivity index (χ1) is 18.0. The first-order valence-corrected chi connectivity index (χ1v) is 17.4. The Morgan fingerprint density at radius 3 is 1.70 bits per heavy atom. The van der Waals surface area contributed by atoms with Gasteiger partial charge in [-0.15, -0.1) is 5.54 Å². The van der Waals surface area contributed by atoms with Crippen molar-refractivity contribution in [1.29, 1.82) is 0 Å². The van der Waals surface area contributed by atoms with Gasteiger partial charge in [-0.05, 0) is 54.2 Å². The van der Waals surface area contributed by atoms with Gasteiger partial charge in [-0.3, -0.25) is 4.90 Å². The van der Waals surface area contributed by atoms with Gasteiger partial charge in [0.1, 0.15) is 8.07 Å². The summed E-state index contributed by atoms with van der Waals surface area (Å²) >= 11 is 0. The van der Waals surface area contributed by atoms with Gasteiger partial charge in [-0.1, -0.05) is 117 Å². The van der Waals surface area contributed by atoms with E-state index < -0.39 is 8.07 Å². The van der Waals surface area contributed by atoms with Gasteiger partial charge < -0.3 is 4.74 Å². The van der Waals surface area contributed by atoms with Gasteiger partial charge in [0.05, 0.1) is 12.6 Å². The second-order valence-electron chi connectivity index (χ2n) is 11.6. The molecule has 3 heteroatoms. The molecule has 4 rings (SSSR count). The molecular formula is C34H43NOSi. The average molecular weight is 510 g/mol. The van der Waals surface area contributed by atoms with Gasteiger partial charge in [0, 0.05) is 19.7 Å². The van der Waals surface area contributed by atoms with Crippen LogP contribution in [0.3, 0.4) is 0 Å². The largest absolute Gasteiger partial charge is 0.376 e. The van der Waals surface area contributed by atoms with Crippen LogP contribution in [0.15, 0.2) is 91.0 Å². The van der Waals surface area contributed by atoms with Gasteiger partial charge in [-0.25, -0.2) is 0 Å². The molecule has 194 valence electrons. The molecule has 1 atom stereocenters. The highest BCUT2D eigenvalue weighted by Gasteiger charge is 2.31. The molecule has 0 saturated heterocycles. The van der Waals surface area contributed by atoms with Gasteiger partial charge >= 0.3 is 0 Å². The van der Waals surface area contributed by atoms with Crippen LogP contribution in [-0.2, 0) is 24.4 Å². The standard InChI is InChI=1S/C34H43NOSi/c1-37(2,3)24-23-34(33-21-19-32(20-22-33)28-36-27-31-17-11-6-12-18-31)35(25-29-13-7-4-8-14-29)26-30-15-9-5-10-16-30/h4-18,32-34H,19-22,25-28H2,1-3H3. The lowest BCUT2D eigenvalue weighted by atomic mass is 9.78. The summed E-state index contributed by atoms with van der Waals surface area (Å²) in [5, 5.41) is 0. The summed E-state index contributed by atoms with van der Waals surface area (Å²) in [6.45, 7) is 10.5. The maximum Gasteiger partial charge on any atom is 0.129 e. The maximum absolute atomic E-state index is 6.12. The monoisotopic (exact) mass is 509 g/mol. The highest BCUT2D eigenvalue weighted by Crippen LogP contribution is 2.34. The Bertz CT molecular complexity index is 1060. The molecule has 0 amide bonds. The van der Waals surface area contributed by atoms with E-state index in [9.17, 15) is 0 Å². The summed E-state index contributed by atoms with van der Waals surface area (Å²) in [5.74, 6) is 5.11. The highest BCUT2D eigenvalue weighted by atomic mass is 28.3. The Balaban J connectivity index is 1.46. The zero-order chi connectivity index (χ0) is 25.9. The van der Waals surface area contributed by atoms with Crippen molar-refractivity contribution < 1.29 is 4.74 Å². The summed E-state index contributed by atoms with van der Waals surface area (Å²) in [7, 11) is -1.48. The summed E-state index contributed by atoms with van der Waals surface area (Å²) in [5.41, 5.74) is 7.74. The van der Waals surface area contributed by atoms with E-state index in [1.807, 2.05) is 0 Å².